The van der Waals surface area contributed by atoms with Gasteiger partial charge in [0.25, 0.3) is 5.91 Å². The topological polar surface area (TPSA) is 64.0 Å². The van der Waals surface area contributed by atoms with E-state index >= 15 is 0 Å². The van der Waals surface area contributed by atoms with Crippen LogP contribution in [0, 0.1) is 0 Å². The van der Waals surface area contributed by atoms with E-state index in [-0.39, 0.29) is 5.91 Å². The average Bonchev–Trinajstić information content (AvgIpc) is 3.06. The molecule has 5 heteroatoms. The third kappa shape index (κ3) is 3.76. The minimum absolute atomic E-state index is 0.242. The molecule has 1 aromatic carbocycles. The van der Waals surface area contributed by atoms with Crippen molar-refractivity contribution < 1.29 is 9.59 Å². The molecule has 0 radical (unpaired) electrons. The fourth-order valence-corrected chi connectivity index (χ4v) is 4.62. The Morgan fingerprint density at radius 2 is 1.93 bits per heavy atom. The summed E-state index contributed by atoms with van der Waals surface area (Å²) in [5.41, 5.74) is 4.14. The number of amides is 1. The maximum Gasteiger partial charge on any atom is 0.252 e. The van der Waals surface area contributed by atoms with Gasteiger partial charge in [-0.15, -0.1) is 0 Å². The van der Waals surface area contributed by atoms with Crippen LogP contribution in [0.1, 0.15) is 67.8 Å². The maximum atomic E-state index is 12.7. The summed E-state index contributed by atoms with van der Waals surface area (Å²) in [6.45, 7) is 3.39. The van der Waals surface area contributed by atoms with Crippen LogP contribution in [0.5, 0.6) is 0 Å². The first-order valence-corrected chi connectivity index (χ1v) is 10.7. The quantitative estimate of drug-likeness (QED) is 0.610. The number of aryl methyl sites for hydroxylation is 1. The molecule has 2 aromatic heterocycles. The summed E-state index contributed by atoms with van der Waals surface area (Å²) in [4.78, 5) is 28.6. The first-order chi connectivity index (χ1) is 14.4. The Morgan fingerprint density at radius 3 is 2.60 bits per heavy atom. The van der Waals surface area contributed by atoms with Crippen LogP contribution >= 0.6 is 0 Å². The normalized spacial score (nSPS) is 15.3. The van der Waals surface area contributed by atoms with E-state index in [9.17, 15) is 9.59 Å². The van der Waals surface area contributed by atoms with E-state index < -0.39 is 5.54 Å². The van der Waals surface area contributed by atoms with Gasteiger partial charge in [0.15, 0.2) is 0 Å². The molecule has 1 aliphatic rings. The number of carbonyl (C=O) groups excluding carboxylic acids is 2. The van der Waals surface area contributed by atoms with Crippen LogP contribution in [0.3, 0.4) is 0 Å². The van der Waals surface area contributed by atoms with Gasteiger partial charge >= 0.3 is 0 Å². The van der Waals surface area contributed by atoms with E-state index in [0.717, 1.165) is 23.2 Å². The SMILES string of the molecule is Cn1c(-c2ccccn2)c(C2CCCCC2)c2ccc(C(=O)NC(C)(C)C=O)cc21. The number of hydrogen-bond acceptors (Lipinski definition) is 3. The molecule has 0 bridgehead atoms. The number of rotatable bonds is 5. The Kier molecular flexibility index (Phi) is 5.46. The third-order valence-electron chi connectivity index (χ3n) is 6.15. The van der Waals surface area contributed by atoms with Gasteiger partial charge in [0, 0.05) is 29.7 Å². The van der Waals surface area contributed by atoms with E-state index in [0.29, 0.717) is 11.5 Å². The molecule has 0 unspecified atom stereocenters. The lowest BCUT2D eigenvalue weighted by molar-refractivity contribution is -0.112. The highest BCUT2D eigenvalue weighted by atomic mass is 16.2. The zero-order chi connectivity index (χ0) is 21.3. The van der Waals surface area contributed by atoms with Crippen molar-refractivity contribution in [3.63, 3.8) is 0 Å². The minimum Gasteiger partial charge on any atom is -0.342 e. The number of nitrogens with zero attached hydrogens (tertiary/aromatic N) is 2. The van der Waals surface area contributed by atoms with Crippen LogP contribution in [-0.2, 0) is 11.8 Å². The van der Waals surface area contributed by atoms with Gasteiger partial charge in [-0.3, -0.25) is 9.78 Å². The zero-order valence-electron chi connectivity index (χ0n) is 17.9. The van der Waals surface area contributed by atoms with Gasteiger partial charge in [-0.1, -0.05) is 31.4 Å². The molecular weight excluding hydrogens is 374 g/mol. The molecule has 0 aliphatic heterocycles. The van der Waals surface area contributed by atoms with Crippen molar-refractivity contribution >= 4 is 23.1 Å². The second kappa shape index (κ2) is 8.05. The van der Waals surface area contributed by atoms with Crippen LogP contribution in [0.25, 0.3) is 22.3 Å². The molecule has 4 rings (SSSR count). The molecule has 1 saturated carbocycles. The summed E-state index contributed by atoms with van der Waals surface area (Å²) < 4.78 is 2.17. The molecule has 5 nitrogen and oxygen atoms in total. The summed E-state index contributed by atoms with van der Waals surface area (Å²) in [5.74, 6) is 0.266. The number of nitrogens with one attached hydrogen (secondary N) is 1. The van der Waals surface area contributed by atoms with Crippen molar-refractivity contribution in [3.05, 3.63) is 53.7 Å². The summed E-state index contributed by atoms with van der Waals surface area (Å²) in [5, 5.41) is 3.99. The molecule has 156 valence electrons. The Labute approximate surface area is 177 Å². The van der Waals surface area contributed by atoms with Gasteiger partial charge in [0.1, 0.15) is 6.29 Å². The highest BCUT2D eigenvalue weighted by Gasteiger charge is 2.27. The molecule has 30 heavy (non-hydrogen) atoms. The lowest BCUT2D eigenvalue weighted by Gasteiger charge is -2.23. The highest BCUT2D eigenvalue weighted by molar-refractivity contribution is 6.01. The van der Waals surface area contributed by atoms with E-state index in [1.807, 2.05) is 30.5 Å². The van der Waals surface area contributed by atoms with E-state index in [1.165, 1.54) is 43.1 Å². The summed E-state index contributed by atoms with van der Waals surface area (Å²) in [6.07, 6.45) is 8.78. The lowest BCUT2D eigenvalue weighted by Crippen LogP contribution is -2.44. The van der Waals surface area contributed by atoms with Gasteiger partial charge in [-0.2, -0.15) is 0 Å². The number of aldehydes is 1. The Balaban J connectivity index is 1.86. The van der Waals surface area contributed by atoms with Gasteiger partial charge in [0.05, 0.1) is 16.9 Å². The number of pyridine rings is 1. The van der Waals surface area contributed by atoms with Crippen molar-refractivity contribution in [1.29, 1.82) is 0 Å². The predicted octanol–water partition coefficient (Wildman–Crippen LogP) is 5.00. The molecule has 1 amide bonds. The average molecular weight is 404 g/mol. The van der Waals surface area contributed by atoms with Gasteiger partial charge < -0.3 is 14.7 Å². The number of carbonyl (C=O) groups is 2. The number of fused-ring (bicyclic) bond motifs is 1. The predicted molar refractivity (Wildman–Crippen MR) is 120 cm³/mol. The maximum absolute atomic E-state index is 12.7. The molecule has 0 spiro atoms. The molecule has 1 aliphatic carbocycles. The second-order valence-electron chi connectivity index (χ2n) is 8.90. The Hall–Kier alpha value is -2.95. The third-order valence-corrected chi connectivity index (χ3v) is 6.15. The van der Waals surface area contributed by atoms with Crippen LogP contribution in [-0.4, -0.2) is 27.3 Å². The number of hydrogen-bond donors (Lipinski definition) is 1. The van der Waals surface area contributed by atoms with Crippen LogP contribution < -0.4 is 5.32 Å². The second-order valence-corrected chi connectivity index (χ2v) is 8.90. The monoisotopic (exact) mass is 403 g/mol. The van der Waals surface area contributed by atoms with Crippen molar-refractivity contribution in [2.75, 3.05) is 0 Å². The fourth-order valence-electron chi connectivity index (χ4n) is 4.62. The van der Waals surface area contributed by atoms with Crippen LogP contribution in [0.2, 0.25) is 0 Å². The van der Waals surface area contributed by atoms with Gasteiger partial charge in [-0.25, -0.2) is 0 Å². The van der Waals surface area contributed by atoms with Crippen molar-refractivity contribution in [2.24, 2.45) is 7.05 Å². The first-order valence-electron chi connectivity index (χ1n) is 10.7. The van der Waals surface area contributed by atoms with Crippen molar-refractivity contribution in [2.45, 2.75) is 57.4 Å². The zero-order valence-corrected chi connectivity index (χ0v) is 17.9. The first kappa shape index (κ1) is 20.3. The molecule has 1 N–H and O–H groups in total. The number of benzene rings is 1. The van der Waals surface area contributed by atoms with E-state index in [2.05, 4.69) is 34.0 Å². The van der Waals surface area contributed by atoms with Crippen molar-refractivity contribution in [1.82, 2.24) is 14.9 Å². The standard InChI is InChI=1S/C25H29N3O2/c1-25(2,16-29)27-24(30)18-12-13-19-21(15-18)28(3)23(20-11-7-8-14-26-20)22(19)17-9-5-4-6-10-17/h7-8,11-17H,4-6,9-10H2,1-3H3,(H,27,30). The highest BCUT2D eigenvalue weighted by Crippen LogP contribution is 2.43. The molecule has 1 fully saturated rings. The molecule has 3 aromatic rings. The minimum atomic E-state index is -0.896. The van der Waals surface area contributed by atoms with E-state index in [4.69, 9.17) is 0 Å². The Bertz CT molecular complexity index is 1080. The Morgan fingerprint density at radius 1 is 1.17 bits per heavy atom. The van der Waals surface area contributed by atoms with Gasteiger partial charge in [0.2, 0.25) is 0 Å². The molecule has 0 atom stereocenters. The lowest BCUT2D eigenvalue weighted by atomic mass is 9.82. The molecule has 0 saturated heterocycles. The van der Waals surface area contributed by atoms with Crippen LogP contribution in [0.15, 0.2) is 42.6 Å². The summed E-state index contributed by atoms with van der Waals surface area (Å²) in [7, 11) is 2.05. The smallest absolute Gasteiger partial charge is 0.252 e. The van der Waals surface area contributed by atoms with Crippen molar-refractivity contribution in [3.8, 4) is 11.4 Å². The number of aromatic nitrogens is 2. The molecule has 2 heterocycles. The van der Waals surface area contributed by atoms with E-state index in [1.54, 1.807) is 13.8 Å². The van der Waals surface area contributed by atoms with Crippen LogP contribution in [0.4, 0.5) is 0 Å². The largest absolute Gasteiger partial charge is 0.342 e. The summed E-state index contributed by atoms with van der Waals surface area (Å²) in [6, 6.07) is 11.9. The fraction of sp³-hybridized carbons (Fsp3) is 0.400. The van der Waals surface area contributed by atoms with Gasteiger partial charge in [-0.05, 0) is 62.4 Å². The summed E-state index contributed by atoms with van der Waals surface area (Å²) >= 11 is 0. The molecular formula is C25H29N3O2.